The van der Waals surface area contributed by atoms with Crippen LogP contribution in [-0.4, -0.2) is 18.0 Å². The van der Waals surface area contributed by atoms with Crippen molar-refractivity contribution in [1.29, 1.82) is 0 Å². The second-order valence-electron chi connectivity index (χ2n) is 37.8. The monoisotopic (exact) mass is 1510 g/mol. The van der Waals surface area contributed by atoms with Crippen LogP contribution in [0.2, 0.25) is 0 Å². The first-order valence-electron chi connectivity index (χ1n) is 43.4. The summed E-state index contributed by atoms with van der Waals surface area (Å²) in [5.74, 6) is 6.55. The van der Waals surface area contributed by atoms with Crippen LogP contribution in [0.15, 0.2) is 303 Å². The van der Waals surface area contributed by atoms with Crippen molar-refractivity contribution < 1.29 is 0 Å². The lowest BCUT2D eigenvalue weighted by atomic mass is 9.32. The van der Waals surface area contributed by atoms with Gasteiger partial charge in [-0.2, -0.15) is 0 Å². The molecule has 0 saturated heterocycles. The van der Waals surface area contributed by atoms with Crippen molar-refractivity contribution in [3.63, 3.8) is 0 Å². The highest BCUT2D eigenvalue weighted by molar-refractivity contribution is 7.26. The largest absolute Gasteiger partial charge is 0.311 e. The molecule has 116 heavy (non-hydrogen) atoms. The van der Waals surface area contributed by atoms with E-state index in [1.165, 1.54) is 230 Å². The van der Waals surface area contributed by atoms with Crippen LogP contribution >= 0.6 is 11.3 Å². The van der Waals surface area contributed by atoms with Gasteiger partial charge in [-0.15, -0.1) is 11.3 Å². The van der Waals surface area contributed by atoms with Crippen LogP contribution in [0.3, 0.4) is 0 Å². The minimum Gasteiger partial charge on any atom is -0.311 e. The Morgan fingerprint density at radius 1 is 0.310 bits per heavy atom. The summed E-state index contributed by atoms with van der Waals surface area (Å²) in [4.78, 5) is 10.5. The van der Waals surface area contributed by atoms with Crippen molar-refractivity contribution in [2.24, 2.45) is 47.3 Å². The van der Waals surface area contributed by atoms with Gasteiger partial charge >= 0.3 is 0 Å². The number of aromatic nitrogens is 1. The number of anilines is 12. The molecule has 30 rings (SSSR count). The highest BCUT2D eigenvalue weighted by atomic mass is 32.1. The molecule has 0 amide bonds. The molecule has 6 aliphatic heterocycles. The molecule has 8 fully saturated rings. The third-order valence-corrected chi connectivity index (χ3v) is 32.7. The van der Waals surface area contributed by atoms with Crippen LogP contribution < -0.4 is 52.4 Å². The molecule has 0 atom stereocenters. The van der Waals surface area contributed by atoms with E-state index in [2.05, 4.69) is 348 Å². The Morgan fingerprint density at radius 3 is 1.25 bits per heavy atom. The molecule has 16 aromatic rings. The number of fused-ring (bicyclic) bond motifs is 18. The standard InChI is InChI=1S/C56H48BN3.C52H39BN2S/c1-55(2,3)36-22-27-45-52(33-36)59(40-25-23-39(24-26-40)58-47-17-7-4-12-41(47)42-13-5-8-18-48(42)58)50-20-11-21-51-53(50)57(45)46-16-10-15-44-54(46)60(51)49-19-9-6-14-43(49)56(44)37-29-34-28-35(31-37)32-38(56)30-34;1-6-21-48-38(10-1)39-12-7-11-37(51(39)56-48)33-22-24-36(25-23-33)54-45-18-5-3-15-42(45)53-43-16-8-14-41-50(43)55(47-20-9-19-46(54)49(47)53)44-17-4-2-13-40(44)52(41)34-27-31-26-32(29-34)30-35(52)28-31/h4-27,33-35,37-38H,28-32H2,1-3H3;1-25,31-32,34-35H,26-30H2. The first kappa shape index (κ1) is 65.7. The van der Waals surface area contributed by atoms with Crippen molar-refractivity contribution in [2.45, 2.75) is 101 Å². The van der Waals surface area contributed by atoms with Gasteiger partial charge in [0.2, 0.25) is 0 Å². The molecular weight excluding hydrogens is 1420 g/mol. The van der Waals surface area contributed by atoms with Gasteiger partial charge in [0.15, 0.2) is 0 Å². The van der Waals surface area contributed by atoms with Crippen molar-refractivity contribution >= 4 is 168 Å². The van der Waals surface area contributed by atoms with Gasteiger partial charge in [0, 0.05) is 104 Å². The Hall–Kier alpha value is -11.6. The van der Waals surface area contributed by atoms with E-state index in [4.69, 9.17) is 0 Å². The van der Waals surface area contributed by atoms with E-state index in [1.54, 1.807) is 22.3 Å². The molecule has 8 bridgehead atoms. The first-order chi connectivity index (χ1) is 57.1. The van der Waals surface area contributed by atoms with Gasteiger partial charge < -0.3 is 24.2 Å². The maximum absolute atomic E-state index is 2.71. The van der Waals surface area contributed by atoms with Crippen LogP contribution in [0.25, 0.3) is 58.8 Å². The summed E-state index contributed by atoms with van der Waals surface area (Å²) < 4.78 is 5.13. The summed E-state index contributed by atoms with van der Waals surface area (Å²) in [7, 11) is 0. The van der Waals surface area contributed by atoms with E-state index in [1.807, 2.05) is 11.3 Å². The molecule has 2 spiro atoms. The summed E-state index contributed by atoms with van der Waals surface area (Å²) in [5.41, 5.74) is 38.8. The zero-order valence-corrected chi connectivity index (χ0v) is 66.7. The lowest BCUT2D eigenvalue weighted by Gasteiger charge is -2.64. The predicted molar refractivity (Wildman–Crippen MR) is 488 cm³/mol. The lowest BCUT2D eigenvalue weighted by Crippen LogP contribution is -2.64. The van der Waals surface area contributed by atoms with E-state index in [0.717, 1.165) is 35.5 Å². The quantitative estimate of drug-likeness (QED) is 0.163. The van der Waals surface area contributed by atoms with Crippen molar-refractivity contribution in [2.75, 3.05) is 19.6 Å². The third-order valence-electron chi connectivity index (χ3n) is 31.5. The number of hydrogen-bond acceptors (Lipinski definition) is 5. The lowest BCUT2D eigenvalue weighted by molar-refractivity contribution is -0.0419. The van der Waals surface area contributed by atoms with Gasteiger partial charge in [0.05, 0.1) is 22.4 Å². The average molecular weight is 1510 g/mol. The van der Waals surface area contributed by atoms with E-state index in [-0.39, 0.29) is 29.7 Å². The summed E-state index contributed by atoms with van der Waals surface area (Å²) in [6.45, 7) is 7.36. The fourth-order valence-electron chi connectivity index (χ4n) is 27.8. The number of thiophene rings is 1. The molecule has 8 aliphatic carbocycles. The SMILES string of the molecule is CC(C)(C)c1ccc2c(c1)N(c1ccc(-n3c4ccccc4c4ccccc43)cc1)c1cccc3c1B2c1cccc2c1N3c1ccccc1C21C2CC3CC(C2)CC1C3.c1ccc2c(c1)B1c3cccc4c3N(c3ccccc3C43C4CC5CC(C4)CC3C5)c3cccc(c31)N2c1ccc(-c2cccc3c2sc2ccccc23)cc1. The van der Waals surface area contributed by atoms with Crippen LogP contribution in [-0.2, 0) is 16.2 Å². The van der Waals surface area contributed by atoms with Crippen LogP contribution in [0.1, 0.15) is 113 Å². The Balaban J connectivity index is 0.000000124. The summed E-state index contributed by atoms with van der Waals surface area (Å²) in [6, 6.07) is 117. The van der Waals surface area contributed by atoms with Gasteiger partial charge in [0.25, 0.3) is 13.4 Å². The highest BCUT2D eigenvalue weighted by Crippen LogP contribution is 2.72. The molecule has 8 heterocycles. The second-order valence-corrected chi connectivity index (χ2v) is 38.8. The zero-order valence-electron chi connectivity index (χ0n) is 65.9. The molecule has 5 nitrogen and oxygen atoms in total. The Labute approximate surface area is 683 Å². The first-order valence-corrected chi connectivity index (χ1v) is 44.2. The third kappa shape index (κ3) is 8.53. The van der Waals surface area contributed by atoms with Crippen LogP contribution in [0.4, 0.5) is 68.2 Å². The zero-order chi connectivity index (χ0) is 75.9. The van der Waals surface area contributed by atoms with Gasteiger partial charge in [-0.1, -0.05) is 221 Å². The molecular formula is C108H87B2N5S. The maximum atomic E-state index is 2.71. The molecule has 0 N–H and O–H groups in total. The summed E-state index contributed by atoms with van der Waals surface area (Å²) in [5, 5.41) is 5.26. The van der Waals surface area contributed by atoms with Gasteiger partial charge in [-0.3, -0.25) is 0 Å². The smallest absolute Gasteiger partial charge is 0.252 e. The van der Waals surface area contributed by atoms with Crippen LogP contribution in [0.5, 0.6) is 0 Å². The second kappa shape index (κ2) is 23.6. The van der Waals surface area contributed by atoms with E-state index in [9.17, 15) is 0 Å². The Kier molecular flexibility index (Phi) is 13.4. The van der Waals surface area contributed by atoms with Gasteiger partial charge in [-0.05, 0) is 292 Å². The van der Waals surface area contributed by atoms with Crippen molar-refractivity contribution in [1.82, 2.24) is 4.57 Å². The topological polar surface area (TPSA) is 17.9 Å². The molecule has 0 unspecified atom stereocenters. The number of hydrogen-bond donors (Lipinski definition) is 0. The van der Waals surface area contributed by atoms with Gasteiger partial charge in [0.1, 0.15) is 0 Å². The fourth-order valence-corrected chi connectivity index (χ4v) is 29.0. The van der Waals surface area contributed by atoms with E-state index < -0.39 is 0 Å². The minimum absolute atomic E-state index is 0.00799. The van der Waals surface area contributed by atoms with Crippen molar-refractivity contribution in [3.8, 4) is 16.8 Å². The molecule has 2 aromatic heterocycles. The normalized spacial score (nSPS) is 24.1. The van der Waals surface area contributed by atoms with Crippen molar-refractivity contribution in [3.05, 3.63) is 331 Å². The van der Waals surface area contributed by atoms with Crippen LogP contribution in [0, 0.1) is 47.3 Å². The molecule has 0 radical (unpaired) electrons. The maximum Gasteiger partial charge on any atom is 0.252 e. The van der Waals surface area contributed by atoms with E-state index in [0.29, 0.717) is 11.8 Å². The number of benzene rings is 14. The van der Waals surface area contributed by atoms with E-state index >= 15 is 0 Å². The number of rotatable bonds is 4. The predicted octanol–water partition coefficient (Wildman–Crippen LogP) is 24.1. The summed E-state index contributed by atoms with van der Waals surface area (Å²) in [6.07, 6.45) is 14.1. The minimum atomic E-state index is 0.00799. The Bertz CT molecular complexity index is 6830. The average Bonchev–Trinajstić information content (AvgIpc) is 0.789. The molecule has 8 saturated carbocycles. The molecule has 556 valence electrons. The Morgan fingerprint density at radius 2 is 0.707 bits per heavy atom. The number of para-hydroxylation sites is 7. The molecule has 8 heteroatoms. The molecule has 14 aliphatic rings. The molecule has 14 aromatic carbocycles. The number of nitrogens with zero attached hydrogens (tertiary/aromatic N) is 5. The fraction of sp³-hybridized carbons (Fsp3) is 0.222. The highest BCUT2D eigenvalue weighted by Gasteiger charge is 2.65. The summed E-state index contributed by atoms with van der Waals surface area (Å²) >= 11 is 1.90. The van der Waals surface area contributed by atoms with Gasteiger partial charge in [-0.25, -0.2) is 0 Å².